The number of benzene rings is 1. The summed E-state index contributed by atoms with van der Waals surface area (Å²) in [6.45, 7) is 6.18. The van der Waals surface area contributed by atoms with Crippen molar-refractivity contribution in [3.05, 3.63) is 58.9 Å². The minimum Gasteiger partial charge on any atom is -0.493 e. The van der Waals surface area contributed by atoms with Crippen molar-refractivity contribution in [3.63, 3.8) is 0 Å². The molecule has 0 fully saturated rings. The zero-order chi connectivity index (χ0) is 20.8. The quantitative estimate of drug-likeness (QED) is 0.572. The van der Waals surface area contributed by atoms with E-state index in [-0.39, 0.29) is 5.88 Å². The topological polar surface area (TPSA) is 96.0 Å². The van der Waals surface area contributed by atoms with Crippen LogP contribution in [-0.4, -0.2) is 40.1 Å². The highest BCUT2D eigenvalue weighted by Gasteiger charge is 2.17. The Kier molecular flexibility index (Phi) is 6.60. The summed E-state index contributed by atoms with van der Waals surface area (Å²) in [6.07, 6.45) is 4.35. The fourth-order valence-electron chi connectivity index (χ4n) is 3.15. The van der Waals surface area contributed by atoms with Gasteiger partial charge in [-0.2, -0.15) is 15.0 Å². The van der Waals surface area contributed by atoms with Crippen LogP contribution in [0.1, 0.15) is 28.7 Å². The van der Waals surface area contributed by atoms with Crippen LogP contribution >= 0.6 is 0 Å². The van der Waals surface area contributed by atoms with Crippen molar-refractivity contribution in [1.82, 2.24) is 20.1 Å². The van der Waals surface area contributed by atoms with Crippen molar-refractivity contribution in [2.24, 2.45) is 0 Å². The Morgan fingerprint density at radius 2 is 1.97 bits per heavy atom. The SMILES string of the molecule is COCCCNCc1ccc(-n2ncc(-c3ccc(C#N)c(C)c3C)c2O)nc1. The van der Waals surface area contributed by atoms with Gasteiger partial charge < -0.3 is 15.2 Å². The van der Waals surface area contributed by atoms with Crippen molar-refractivity contribution in [1.29, 1.82) is 5.26 Å². The number of nitrogens with one attached hydrogen (secondary N) is 1. The Balaban J connectivity index is 1.78. The van der Waals surface area contributed by atoms with Gasteiger partial charge in [0.05, 0.1) is 23.4 Å². The van der Waals surface area contributed by atoms with Gasteiger partial charge in [-0.25, -0.2) is 4.98 Å². The standard InChI is InChI=1S/C22H25N5O2/c1-15-16(2)19(7-6-18(15)11-23)20-14-26-27(22(20)28)21-8-5-17(13-25-21)12-24-9-4-10-29-3/h5-8,13-14,24,28H,4,9-10,12H2,1-3H3. The number of methoxy groups -OCH3 is 1. The maximum Gasteiger partial charge on any atom is 0.223 e. The van der Waals surface area contributed by atoms with E-state index in [4.69, 9.17) is 4.74 Å². The Hall–Kier alpha value is -3.21. The fourth-order valence-corrected chi connectivity index (χ4v) is 3.15. The molecule has 0 unspecified atom stereocenters. The lowest BCUT2D eigenvalue weighted by molar-refractivity contribution is 0.194. The highest BCUT2D eigenvalue weighted by atomic mass is 16.5. The molecule has 7 nitrogen and oxygen atoms in total. The lowest BCUT2D eigenvalue weighted by atomic mass is 9.95. The van der Waals surface area contributed by atoms with Crippen molar-refractivity contribution in [2.75, 3.05) is 20.3 Å². The number of pyridine rings is 1. The molecular formula is C22H25N5O2. The molecule has 0 aliphatic rings. The van der Waals surface area contributed by atoms with Crippen LogP contribution in [-0.2, 0) is 11.3 Å². The number of aromatic nitrogens is 3. The average Bonchev–Trinajstić information content (AvgIpc) is 3.11. The van der Waals surface area contributed by atoms with Gasteiger partial charge in [0.15, 0.2) is 5.82 Å². The van der Waals surface area contributed by atoms with Crippen molar-refractivity contribution in [2.45, 2.75) is 26.8 Å². The molecule has 2 aromatic heterocycles. The summed E-state index contributed by atoms with van der Waals surface area (Å²) in [5, 5.41) is 27.6. The second kappa shape index (κ2) is 9.32. The van der Waals surface area contributed by atoms with Crippen LogP contribution < -0.4 is 5.32 Å². The Morgan fingerprint density at radius 1 is 1.14 bits per heavy atom. The van der Waals surface area contributed by atoms with Gasteiger partial charge in [0.2, 0.25) is 5.88 Å². The molecule has 2 heterocycles. The summed E-state index contributed by atoms with van der Waals surface area (Å²) >= 11 is 0. The molecule has 0 amide bonds. The lowest BCUT2D eigenvalue weighted by Crippen LogP contribution is -2.16. The van der Waals surface area contributed by atoms with Crippen LogP contribution in [0.25, 0.3) is 16.9 Å². The molecule has 150 valence electrons. The van der Waals surface area contributed by atoms with Gasteiger partial charge in [0, 0.05) is 26.5 Å². The van der Waals surface area contributed by atoms with E-state index < -0.39 is 0 Å². The van der Waals surface area contributed by atoms with Gasteiger partial charge in [-0.15, -0.1) is 0 Å². The number of hydrogen-bond acceptors (Lipinski definition) is 6. The van der Waals surface area contributed by atoms with Crippen molar-refractivity contribution in [3.8, 4) is 28.9 Å². The van der Waals surface area contributed by atoms with E-state index >= 15 is 0 Å². The van der Waals surface area contributed by atoms with Gasteiger partial charge in [-0.05, 0) is 61.2 Å². The molecule has 7 heteroatoms. The second-order valence-electron chi connectivity index (χ2n) is 6.86. The summed E-state index contributed by atoms with van der Waals surface area (Å²) < 4.78 is 6.44. The van der Waals surface area contributed by atoms with E-state index in [0.717, 1.165) is 48.4 Å². The molecule has 0 bridgehead atoms. The molecule has 1 aromatic carbocycles. The third-order valence-electron chi connectivity index (χ3n) is 5.00. The van der Waals surface area contributed by atoms with Gasteiger partial charge in [-0.3, -0.25) is 0 Å². The van der Waals surface area contributed by atoms with Crippen LogP contribution in [0.3, 0.4) is 0 Å². The summed E-state index contributed by atoms with van der Waals surface area (Å²) in [5.41, 5.74) is 4.99. The molecule has 3 aromatic rings. The van der Waals surface area contributed by atoms with Gasteiger partial charge in [0.1, 0.15) is 0 Å². The molecule has 0 atom stereocenters. The smallest absolute Gasteiger partial charge is 0.223 e. The lowest BCUT2D eigenvalue weighted by Gasteiger charge is -2.10. The van der Waals surface area contributed by atoms with Gasteiger partial charge in [0.25, 0.3) is 0 Å². The van der Waals surface area contributed by atoms with Gasteiger partial charge >= 0.3 is 0 Å². The first kappa shape index (κ1) is 20.5. The molecule has 0 spiro atoms. The normalized spacial score (nSPS) is 10.8. The van der Waals surface area contributed by atoms with Crippen LogP contribution in [0.2, 0.25) is 0 Å². The molecule has 0 aliphatic carbocycles. The molecule has 0 saturated heterocycles. The average molecular weight is 391 g/mol. The number of ether oxygens (including phenoxy) is 1. The molecular weight excluding hydrogens is 366 g/mol. The summed E-state index contributed by atoms with van der Waals surface area (Å²) in [4.78, 5) is 4.43. The number of hydrogen-bond donors (Lipinski definition) is 2. The van der Waals surface area contributed by atoms with Crippen LogP contribution in [0.5, 0.6) is 5.88 Å². The Morgan fingerprint density at radius 3 is 2.66 bits per heavy atom. The first-order valence-corrected chi connectivity index (χ1v) is 9.49. The van der Waals surface area contributed by atoms with E-state index in [0.29, 0.717) is 16.9 Å². The minimum atomic E-state index is 0.0233. The molecule has 0 saturated carbocycles. The predicted octanol–water partition coefficient (Wildman–Crippen LogP) is 3.25. The molecule has 0 radical (unpaired) electrons. The van der Waals surface area contributed by atoms with E-state index in [1.807, 2.05) is 32.0 Å². The van der Waals surface area contributed by atoms with Crippen molar-refractivity contribution < 1.29 is 9.84 Å². The molecule has 2 N–H and O–H groups in total. The van der Waals surface area contributed by atoms with E-state index in [2.05, 4.69) is 21.5 Å². The number of rotatable bonds is 8. The summed E-state index contributed by atoms with van der Waals surface area (Å²) in [5.74, 6) is 0.565. The number of aromatic hydroxyl groups is 1. The first-order valence-electron chi connectivity index (χ1n) is 9.49. The van der Waals surface area contributed by atoms with Crippen LogP contribution in [0.15, 0.2) is 36.7 Å². The number of nitriles is 1. The largest absolute Gasteiger partial charge is 0.493 e. The third-order valence-corrected chi connectivity index (χ3v) is 5.00. The summed E-state index contributed by atoms with van der Waals surface area (Å²) in [6, 6.07) is 9.59. The Labute approximate surface area is 170 Å². The van der Waals surface area contributed by atoms with Gasteiger partial charge in [-0.1, -0.05) is 12.1 Å². The first-order chi connectivity index (χ1) is 14.1. The molecule has 29 heavy (non-hydrogen) atoms. The maximum atomic E-state index is 10.7. The van der Waals surface area contributed by atoms with Crippen LogP contribution in [0.4, 0.5) is 0 Å². The maximum absolute atomic E-state index is 10.7. The second-order valence-corrected chi connectivity index (χ2v) is 6.86. The van der Waals surface area contributed by atoms with E-state index in [1.54, 1.807) is 25.6 Å². The van der Waals surface area contributed by atoms with Crippen LogP contribution in [0, 0.1) is 25.2 Å². The van der Waals surface area contributed by atoms with E-state index in [1.165, 1.54) is 4.68 Å². The zero-order valence-electron chi connectivity index (χ0n) is 16.9. The van der Waals surface area contributed by atoms with E-state index in [9.17, 15) is 10.4 Å². The summed E-state index contributed by atoms with van der Waals surface area (Å²) in [7, 11) is 1.70. The minimum absolute atomic E-state index is 0.0233. The Bertz CT molecular complexity index is 1020. The van der Waals surface area contributed by atoms with Crippen molar-refractivity contribution >= 4 is 0 Å². The molecule has 0 aliphatic heterocycles. The predicted molar refractivity (Wildman–Crippen MR) is 111 cm³/mol. The monoisotopic (exact) mass is 391 g/mol. The molecule has 3 rings (SSSR count). The third kappa shape index (κ3) is 4.45. The zero-order valence-corrected chi connectivity index (χ0v) is 16.9. The highest BCUT2D eigenvalue weighted by Crippen LogP contribution is 2.34. The number of nitrogens with zero attached hydrogens (tertiary/aromatic N) is 4. The highest BCUT2D eigenvalue weighted by molar-refractivity contribution is 5.74. The fraction of sp³-hybridized carbons (Fsp3) is 0.318.